The molecule has 0 atom stereocenters. The average molecular weight is 250 g/mol. The Morgan fingerprint density at radius 3 is 2.78 bits per heavy atom. The summed E-state index contributed by atoms with van der Waals surface area (Å²) in [5.41, 5.74) is 1.30. The highest BCUT2D eigenvalue weighted by molar-refractivity contribution is 5.20. The molecular formula is C15H26N2O. The van der Waals surface area contributed by atoms with Crippen molar-refractivity contribution in [3.05, 3.63) is 23.2 Å². The van der Waals surface area contributed by atoms with Gasteiger partial charge in [-0.3, -0.25) is 4.90 Å². The zero-order valence-electron chi connectivity index (χ0n) is 12.0. The second kappa shape index (κ2) is 6.39. The summed E-state index contributed by atoms with van der Waals surface area (Å²) in [6, 6.07) is 2.97. The van der Waals surface area contributed by atoms with E-state index in [2.05, 4.69) is 37.2 Å². The van der Waals surface area contributed by atoms with Crippen LogP contribution in [0.25, 0.3) is 0 Å². The summed E-state index contributed by atoms with van der Waals surface area (Å²) in [6.45, 7) is 7.05. The van der Waals surface area contributed by atoms with Gasteiger partial charge >= 0.3 is 0 Å². The fourth-order valence-electron chi connectivity index (χ4n) is 2.82. The van der Waals surface area contributed by atoms with Gasteiger partial charge in [0.2, 0.25) is 0 Å². The molecule has 0 unspecified atom stereocenters. The number of furan rings is 1. The van der Waals surface area contributed by atoms with Crippen molar-refractivity contribution >= 4 is 0 Å². The predicted octanol–water partition coefficient (Wildman–Crippen LogP) is 3.07. The topological polar surface area (TPSA) is 28.4 Å². The molecule has 0 bridgehead atoms. The normalized spacial score (nSPS) is 16.9. The Labute approximate surface area is 111 Å². The molecular weight excluding hydrogens is 224 g/mol. The van der Waals surface area contributed by atoms with E-state index < -0.39 is 0 Å². The van der Waals surface area contributed by atoms with E-state index >= 15 is 0 Å². The number of aryl methyl sites for hydroxylation is 1. The second-order valence-electron chi connectivity index (χ2n) is 5.43. The van der Waals surface area contributed by atoms with Crippen molar-refractivity contribution in [2.45, 2.75) is 58.7 Å². The van der Waals surface area contributed by atoms with Gasteiger partial charge in [-0.2, -0.15) is 0 Å². The lowest BCUT2D eigenvalue weighted by atomic mass is 10.2. The van der Waals surface area contributed by atoms with E-state index in [9.17, 15) is 0 Å². The van der Waals surface area contributed by atoms with Gasteiger partial charge in [0.15, 0.2) is 0 Å². The molecule has 0 spiro atoms. The monoisotopic (exact) mass is 250 g/mol. The van der Waals surface area contributed by atoms with Crippen LogP contribution in [0.5, 0.6) is 0 Å². The third-order valence-electron chi connectivity index (χ3n) is 3.99. The highest BCUT2D eigenvalue weighted by Gasteiger charge is 2.20. The summed E-state index contributed by atoms with van der Waals surface area (Å²) in [5.74, 6) is 2.17. The summed E-state index contributed by atoms with van der Waals surface area (Å²) in [4.78, 5) is 2.45. The first-order chi connectivity index (χ1) is 8.70. The minimum Gasteiger partial charge on any atom is -0.465 e. The first-order valence-electron chi connectivity index (χ1n) is 7.20. The van der Waals surface area contributed by atoms with E-state index in [1.165, 1.54) is 31.2 Å². The molecule has 1 aliphatic rings. The number of nitrogens with one attached hydrogen (secondary N) is 1. The van der Waals surface area contributed by atoms with Gasteiger partial charge in [-0.05, 0) is 39.4 Å². The summed E-state index contributed by atoms with van der Waals surface area (Å²) in [6.07, 6.45) is 5.47. The summed E-state index contributed by atoms with van der Waals surface area (Å²) < 4.78 is 5.86. The van der Waals surface area contributed by atoms with Crippen LogP contribution < -0.4 is 5.32 Å². The van der Waals surface area contributed by atoms with Gasteiger partial charge in [0, 0.05) is 18.2 Å². The standard InChI is InChI=1S/C15H26N2O/c1-4-16-10-13-9-15(18-12(13)2)11-17(3)14-7-5-6-8-14/h9,14,16H,4-8,10-11H2,1-3H3. The molecule has 0 saturated heterocycles. The molecule has 1 aromatic heterocycles. The van der Waals surface area contributed by atoms with Crippen molar-refractivity contribution in [3.8, 4) is 0 Å². The fourth-order valence-corrected chi connectivity index (χ4v) is 2.82. The minimum atomic E-state index is 0.757. The van der Waals surface area contributed by atoms with Crippen molar-refractivity contribution in [1.82, 2.24) is 10.2 Å². The number of hydrogen-bond donors (Lipinski definition) is 1. The maximum Gasteiger partial charge on any atom is 0.118 e. The van der Waals surface area contributed by atoms with E-state index in [0.29, 0.717) is 0 Å². The van der Waals surface area contributed by atoms with Crippen molar-refractivity contribution < 1.29 is 4.42 Å². The largest absolute Gasteiger partial charge is 0.465 e. The Hall–Kier alpha value is -0.800. The lowest BCUT2D eigenvalue weighted by Crippen LogP contribution is -2.28. The van der Waals surface area contributed by atoms with Crippen LogP contribution in [0, 0.1) is 6.92 Å². The molecule has 1 aliphatic carbocycles. The zero-order valence-corrected chi connectivity index (χ0v) is 12.0. The number of hydrogen-bond acceptors (Lipinski definition) is 3. The van der Waals surface area contributed by atoms with E-state index in [1.54, 1.807) is 0 Å². The van der Waals surface area contributed by atoms with Gasteiger partial charge < -0.3 is 9.73 Å². The van der Waals surface area contributed by atoms with E-state index in [1.807, 2.05) is 0 Å². The molecule has 0 aromatic carbocycles. The van der Waals surface area contributed by atoms with Crippen LogP contribution in [-0.2, 0) is 13.1 Å². The Kier molecular flexibility index (Phi) is 4.84. The SMILES string of the molecule is CCNCc1cc(CN(C)C2CCCC2)oc1C. The summed E-state index contributed by atoms with van der Waals surface area (Å²) in [7, 11) is 2.22. The first-order valence-corrected chi connectivity index (χ1v) is 7.20. The highest BCUT2D eigenvalue weighted by atomic mass is 16.3. The Morgan fingerprint density at radius 1 is 1.39 bits per heavy atom. The lowest BCUT2D eigenvalue weighted by Gasteiger charge is -2.22. The molecule has 1 fully saturated rings. The van der Waals surface area contributed by atoms with Gasteiger partial charge in [0.05, 0.1) is 6.54 Å². The average Bonchev–Trinajstić information content (AvgIpc) is 2.96. The molecule has 1 aromatic rings. The molecule has 3 nitrogen and oxygen atoms in total. The number of nitrogens with zero attached hydrogens (tertiary/aromatic N) is 1. The van der Waals surface area contributed by atoms with Gasteiger partial charge in [-0.25, -0.2) is 0 Å². The Morgan fingerprint density at radius 2 is 2.11 bits per heavy atom. The molecule has 102 valence electrons. The van der Waals surface area contributed by atoms with Gasteiger partial charge in [0.1, 0.15) is 11.5 Å². The molecule has 0 aliphatic heterocycles. The van der Waals surface area contributed by atoms with Crippen molar-refractivity contribution in [2.75, 3.05) is 13.6 Å². The quantitative estimate of drug-likeness (QED) is 0.841. The smallest absolute Gasteiger partial charge is 0.118 e. The minimum absolute atomic E-state index is 0.757. The maximum atomic E-state index is 5.86. The maximum absolute atomic E-state index is 5.86. The third-order valence-corrected chi connectivity index (χ3v) is 3.99. The molecule has 1 saturated carbocycles. The van der Waals surface area contributed by atoms with Crippen LogP contribution in [0.15, 0.2) is 10.5 Å². The van der Waals surface area contributed by atoms with Gasteiger partial charge in [0.25, 0.3) is 0 Å². The highest BCUT2D eigenvalue weighted by Crippen LogP contribution is 2.24. The lowest BCUT2D eigenvalue weighted by molar-refractivity contribution is 0.218. The molecule has 2 rings (SSSR count). The Balaban J connectivity index is 1.92. The first kappa shape index (κ1) is 13.6. The molecule has 3 heteroatoms. The van der Waals surface area contributed by atoms with Crippen LogP contribution in [0.3, 0.4) is 0 Å². The van der Waals surface area contributed by atoms with Crippen LogP contribution in [-0.4, -0.2) is 24.5 Å². The van der Waals surface area contributed by atoms with E-state index in [4.69, 9.17) is 4.42 Å². The van der Waals surface area contributed by atoms with Crippen LogP contribution in [0.1, 0.15) is 49.7 Å². The van der Waals surface area contributed by atoms with Crippen molar-refractivity contribution in [2.24, 2.45) is 0 Å². The van der Waals surface area contributed by atoms with Crippen molar-refractivity contribution in [1.29, 1.82) is 0 Å². The Bertz CT molecular complexity index is 367. The second-order valence-corrected chi connectivity index (χ2v) is 5.43. The van der Waals surface area contributed by atoms with Gasteiger partial charge in [-0.15, -0.1) is 0 Å². The van der Waals surface area contributed by atoms with E-state index in [-0.39, 0.29) is 0 Å². The van der Waals surface area contributed by atoms with E-state index in [0.717, 1.165) is 37.2 Å². The third kappa shape index (κ3) is 3.36. The summed E-state index contributed by atoms with van der Waals surface area (Å²) in [5, 5.41) is 3.35. The van der Waals surface area contributed by atoms with Crippen LogP contribution in [0.2, 0.25) is 0 Å². The van der Waals surface area contributed by atoms with Crippen LogP contribution >= 0.6 is 0 Å². The molecule has 18 heavy (non-hydrogen) atoms. The van der Waals surface area contributed by atoms with Gasteiger partial charge in [-0.1, -0.05) is 19.8 Å². The fraction of sp³-hybridized carbons (Fsp3) is 0.733. The van der Waals surface area contributed by atoms with Crippen LogP contribution in [0.4, 0.5) is 0 Å². The molecule has 1 N–H and O–H groups in total. The number of rotatable bonds is 6. The molecule has 0 amide bonds. The zero-order chi connectivity index (χ0) is 13.0. The molecule has 0 radical (unpaired) electrons. The summed E-state index contributed by atoms with van der Waals surface area (Å²) >= 11 is 0. The molecule has 1 heterocycles. The predicted molar refractivity (Wildman–Crippen MR) is 74.5 cm³/mol. The van der Waals surface area contributed by atoms with Crippen molar-refractivity contribution in [3.63, 3.8) is 0 Å².